The lowest BCUT2D eigenvalue weighted by Crippen LogP contribution is -2.45. The second-order valence-corrected chi connectivity index (χ2v) is 5.22. The SMILES string of the molecule is CCN1CCOC(CNc2c(F)cccc2Br)C1. The minimum atomic E-state index is -0.243. The van der Waals surface area contributed by atoms with Crippen LogP contribution in [0.4, 0.5) is 10.1 Å². The van der Waals surface area contributed by atoms with Crippen LogP contribution in [0.3, 0.4) is 0 Å². The number of nitrogens with one attached hydrogen (secondary N) is 1. The molecule has 0 radical (unpaired) electrons. The van der Waals surface area contributed by atoms with Crippen LogP contribution in [0, 0.1) is 5.82 Å². The highest BCUT2D eigenvalue weighted by Gasteiger charge is 2.19. The van der Waals surface area contributed by atoms with E-state index < -0.39 is 0 Å². The number of para-hydroxylation sites is 1. The van der Waals surface area contributed by atoms with Crippen molar-refractivity contribution in [1.82, 2.24) is 4.90 Å². The molecule has 2 rings (SSSR count). The van der Waals surface area contributed by atoms with Crippen LogP contribution in [0.25, 0.3) is 0 Å². The van der Waals surface area contributed by atoms with Gasteiger partial charge in [0.15, 0.2) is 0 Å². The molecular weight excluding hydrogens is 299 g/mol. The number of ether oxygens (including phenoxy) is 1. The van der Waals surface area contributed by atoms with Gasteiger partial charge in [-0.3, -0.25) is 4.90 Å². The molecule has 100 valence electrons. The molecule has 1 saturated heterocycles. The molecule has 0 amide bonds. The van der Waals surface area contributed by atoms with E-state index >= 15 is 0 Å². The molecule has 0 saturated carbocycles. The molecule has 0 aromatic heterocycles. The fraction of sp³-hybridized carbons (Fsp3) is 0.538. The normalized spacial score (nSPS) is 20.9. The summed E-state index contributed by atoms with van der Waals surface area (Å²) in [7, 11) is 0. The van der Waals surface area contributed by atoms with Crippen molar-refractivity contribution < 1.29 is 9.13 Å². The van der Waals surface area contributed by atoms with Crippen LogP contribution in [0.2, 0.25) is 0 Å². The van der Waals surface area contributed by atoms with Crippen LogP contribution in [-0.2, 0) is 4.74 Å². The summed E-state index contributed by atoms with van der Waals surface area (Å²) in [6, 6.07) is 4.96. The van der Waals surface area contributed by atoms with Gasteiger partial charge in [-0.05, 0) is 34.6 Å². The molecule has 1 fully saturated rings. The van der Waals surface area contributed by atoms with Crippen molar-refractivity contribution in [3.05, 3.63) is 28.5 Å². The summed E-state index contributed by atoms with van der Waals surface area (Å²) in [5.41, 5.74) is 0.509. The molecule has 1 aliphatic heterocycles. The fourth-order valence-electron chi connectivity index (χ4n) is 2.07. The van der Waals surface area contributed by atoms with Gasteiger partial charge in [0.2, 0.25) is 0 Å². The first-order chi connectivity index (χ1) is 8.70. The molecule has 0 aliphatic carbocycles. The van der Waals surface area contributed by atoms with Gasteiger partial charge in [-0.25, -0.2) is 4.39 Å². The fourth-order valence-corrected chi connectivity index (χ4v) is 2.56. The molecule has 1 N–H and O–H groups in total. The van der Waals surface area contributed by atoms with E-state index in [1.807, 2.05) is 6.07 Å². The second-order valence-electron chi connectivity index (χ2n) is 4.36. The standard InChI is InChI=1S/C13H18BrFN2O/c1-2-17-6-7-18-10(9-17)8-16-13-11(14)4-3-5-12(13)15/h3-5,10,16H,2,6-9H2,1H3. The number of benzene rings is 1. The molecular formula is C13H18BrFN2O. The van der Waals surface area contributed by atoms with E-state index in [0.29, 0.717) is 12.2 Å². The maximum absolute atomic E-state index is 13.6. The lowest BCUT2D eigenvalue weighted by atomic mass is 10.2. The van der Waals surface area contributed by atoms with Crippen molar-refractivity contribution >= 4 is 21.6 Å². The first kappa shape index (κ1) is 13.8. The summed E-state index contributed by atoms with van der Waals surface area (Å²) in [6.07, 6.45) is 0.116. The predicted octanol–water partition coefficient (Wildman–Crippen LogP) is 2.72. The second kappa shape index (κ2) is 6.50. The van der Waals surface area contributed by atoms with Gasteiger partial charge < -0.3 is 10.1 Å². The Bertz CT molecular complexity index is 382. The Labute approximate surface area is 115 Å². The molecule has 3 nitrogen and oxygen atoms in total. The summed E-state index contributed by atoms with van der Waals surface area (Å²) in [5.74, 6) is -0.243. The number of anilines is 1. The first-order valence-electron chi connectivity index (χ1n) is 6.22. The minimum Gasteiger partial charge on any atom is -0.379 e. The van der Waals surface area contributed by atoms with E-state index in [-0.39, 0.29) is 11.9 Å². The van der Waals surface area contributed by atoms with Gasteiger partial charge in [0, 0.05) is 24.1 Å². The summed E-state index contributed by atoms with van der Waals surface area (Å²) < 4.78 is 20.0. The molecule has 1 unspecified atom stereocenters. The van der Waals surface area contributed by atoms with Crippen molar-refractivity contribution in [1.29, 1.82) is 0 Å². The molecule has 0 bridgehead atoms. The van der Waals surface area contributed by atoms with Gasteiger partial charge in [-0.1, -0.05) is 13.0 Å². The van der Waals surface area contributed by atoms with E-state index in [0.717, 1.165) is 30.7 Å². The van der Waals surface area contributed by atoms with Gasteiger partial charge in [-0.15, -0.1) is 0 Å². The smallest absolute Gasteiger partial charge is 0.147 e. The summed E-state index contributed by atoms with van der Waals surface area (Å²) >= 11 is 3.34. The van der Waals surface area contributed by atoms with Crippen LogP contribution >= 0.6 is 15.9 Å². The highest BCUT2D eigenvalue weighted by atomic mass is 79.9. The van der Waals surface area contributed by atoms with Gasteiger partial charge in [0.25, 0.3) is 0 Å². The quantitative estimate of drug-likeness (QED) is 0.924. The van der Waals surface area contributed by atoms with Gasteiger partial charge in [-0.2, -0.15) is 0 Å². The number of likely N-dealkylation sites (N-methyl/N-ethyl adjacent to an activating group) is 1. The van der Waals surface area contributed by atoms with E-state index in [9.17, 15) is 4.39 Å². The summed E-state index contributed by atoms with van der Waals surface area (Å²) in [5, 5.41) is 3.12. The molecule has 18 heavy (non-hydrogen) atoms. The Morgan fingerprint density at radius 1 is 1.56 bits per heavy atom. The first-order valence-corrected chi connectivity index (χ1v) is 7.02. The highest BCUT2D eigenvalue weighted by molar-refractivity contribution is 9.10. The zero-order chi connectivity index (χ0) is 13.0. The Morgan fingerprint density at radius 3 is 3.11 bits per heavy atom. The zero-order valence-corrected chi connectivity index (χ0v) is 12.0. The van der Waals surface area contributed by atoms with Crippen LogP contribution in [0.15, 0.2) is 22.7 Å². The van der Waals surface area contributed by atoms with E-state index in [4.69, 9.17) is 4.74 Å². The van der Waals surface area contributed by atoms with Crippen LogP contribution in [0.5, 0.6) is 0 Å². The minimum absolute atomic E-state index is 0.116. The third-order valence-electron chi connectivity index (χ3n) is 3.14. The predicted molar refractivity (Wildman–Crippen MR) is 74.4 cm³/mol. The lowest BCUT2D eigenvalue weighted by molar-refractivity contribution is -0.0192. The monoisotopic (exact) mass is 316 g/mol. The van der Waals surface area contributed by atoms with Crippen LogP contribution in [0.1, 0.15) is 6.92 Å². The van der Waals surface area contributed by atoms with E-state index in [1.165, 1.54) is 6.07 Å². The van der Waals surface area contributed by atoms with Gasteiger partial charge in [0.05, 0.1) is 18.4 Å². The zero-order valence-electron chi connectivity index (χ0n) is 10.5. The third kappa shape index (κ3) is 3.43. The average molecular weight is 317 g/mol. The van der Waals surface area contributed by atoms with Gasteiger partial charge >= 0.3 is 0 Å². The number of hydrogen-bond donors (Lipinski definition) is 1. The van der Waals surface area contributed by atoms with Crippen molar-refractivity contribution in [2.45, 2.75) is 13.0 Å². The van der Waals surface area contributed by atoms with E-state index in [2.05, 4.69) is 33.1 Å². The third-order valence-corrected chi connectivity index (χ3v) is 3.80. The van der Waals surface area contributed by atoms with Crippen LogP contribution in [-0.4, -0.2) is 43.8 Å². The molecule has 1 heterocycles. The topological polar surface area (TPSA) is 24.5 Å². The van der Waals surface area contributed by atoms with Crippen molar-refractivity contribution in [2.24, 2.45) is 0 Å². The number of nitrogens with zero attached hydrogens (tertiary/aromatic N) is 1. The van der Waals surface area contributed by atoms with Crippen molar-refractivity contribution in [3.63, 3.8) is 0 Å². The van der Waals surface area contributed by atoms with E-state index in [1.54, 1.807) is 6.07 Å². The number of morpholine rings is 1. The maximum Gasteiger partial charge on any atom is 0.147 e. The van der Waals surface area contributed by atoms with Crippen molar-refractivity contribution in [2.75, 3.05) is 38.1 Å². The Kier molecular flexibility index (Phi) is 4.97. The van der Waals surface area contributed by atoms with Crippen LogP contribution < -0.4 is 5.32 Å². The molecule has 1 aromatic carbocycles. The Balaban J connectivity index is 1.91. The molecule has 1 aromatic rings. The van der Waals surface area contributed by atoms with Crippen molar-refractivity contribution in [3.8, 4) is 0 Å². The number of rotatable bonds is 4. The molecule has 5 heteroatoms. The summed E-state index contributed by atoms with van der Waals surface area (Å²) in [6.45, 7) is 6.42. The number of hydrogen-bond acceptors (Lipinski definition) is 3. The lowest BCUT2D eigenvalue weighted by Gasteiger charge is -2.32. The Hall–Kier alpha value is -0.650. The molecule has 1 aliphatic rings. The largest absolute Gasteiger partial charge is 0.379 e. The molecule has 1 atom stereocenters. The average Bonchev–Trinajstić information content (AvgIpc) is 2.38. The number of halogens is 2. The molecule has 0 spiro atoms. The van der Waals surface area contributed by atoms with Gasteiger partial charge in [0.1, 0.15) is 5.82 Å². The Morgan fingerprint density at radius 2 is 2.39 bits per heavy atom. The summed E-state index contributed by atoms with van der Waals surface area (Å²) in [4.78, 5) is 2.34. The highest BCUT2D eigenvalue weighted by Crippen LogP contribution is 2.25. The maximum atomic E-state index is 13.6.